The van der Waals surface area contributed by atoms with Crippen LogP contribution in [0.1, 0.15) is 18.6 Å². The van der Waals surface area contributed by atoms with E-state index in [0.29, 0.717) is 23.1 Å². The first-order chi connectivity index (χ1) is 14.9. The lowest BCUT2D eigenvalue weighted by Crippen LogP contribution is -2.32. The van der Waals surface area contributed by atoms with E-state index in [-0.39, 0.29) is 11.8 Å². The first-order valence-corrected chi connectivity index (χ1v) is 9.60. The molecular weight excluding hydrogens is 396 g/mol. The maximum atomic E-state index is 12.9. The molecule has 0 spiro atoms. The quantitative estimate of drug-likeness (QED) is 0.581. The second-order valence-electron chi connectivity index (χ2n) is 6.81. The molecule has 0 aliphatic carbocycles. The van der Waals surface area contributed by atoms with E-state index in [1.165, 1.54) is 30.2 Å². The Kier molecular flexibility index (Phi) is 6.94. The zero-order chi connectivity index (χ0) is 22.4. The van der Waals surface area contributed by atoms with Gasteiger partial charge in [0, 0.05) is 39.9 Å². The molecule has 160 valence electrons. The van der Waals surface area contributed by atoms with E-state index in [0.717, 1.165) is 5.56 Å². The number of hydrogen-bond donors (Lipinski definition) is 0. The monoisotopic (exact) mass is 420 g/mol. The molecule has 3 rings (SSSR count). The summed E-state index contributed by atoms with van der Waals surface area (Å²) in [6, 6.07) is 17.9. The van der Waals surface area contributed by atoms with Crippen molar-refractivity contribution in [3.8, 4) is 11.6 Å². The van der Waals surface area contributed by atoms with E-state index in [4.69, 9.17) is 9.47 Å². The average molecular weight is 420 g/mol. The maximum absolute atomic E-state index is 12.9. The molecule has 1 heterocycles. The third kappa shape index (κ3) is 5.23. The molecule has 3 aromatic rings. The van der Waals surface area contributed by atoms with Gasteiger partial charge in [-0.1, -0.05) is 30.3 Å². The van der Waals surface area contributed by atoms with Gasteiger partial charge in [0.05, 0.1) is 0 Å². The summed E-state index contributed by atoms with van der Waals surface area (Å²) in [5.74, 6) is 0.942. The van der Waals surface area contributed by atoms with Gasteiger partial charge in [0.2, 0.25) is 11.8 Å². The van der Waals surface area contributed by atoms with Crippen molar-refractivity contribution in [2.75, 3.05) is 31.0 Å². The average Bonchev–Trinajstić information content (AvgIpc) is 2.80. The Hall–Kier alpha value is -3.78. The third-order valence-corrected chi connectivity index (χ3v) is 4.78. The molecule has 8 nitrogen and oxygen atoms in total. The summed E-state index contributed by atoms with van der Waals surface area (Å²) in [6.45, 7) is 1.45. The van der Waals surface area contributed by atoms with Crippen LogP contribution >= 0.6 is 0 Å². The first kappa shape index (κ1) is 21.9. The molecule has 0 saturated carbocycles. The molecule has 0 N–H and O–H groups in total. The summed E-state index contributed by atoms with van der Waals surface area (Å²) in [5.41, 5.74) is 1.48. The molecule has 0 radical (unpaired) electrons. The van der Waals surface area contributed by atoms with Crippen LogP contribution in [0.15, 0.2) is 67.0 Å². The predicted molar refractivity (Wildman–Crippen MR) is 117 cm³/mol. The number of hydrogen-bond acceptors (Lipinski definition) is 6. The number of nitrogens with zero attached hydrogens (tertiary/aromatic N) is 4. The number of likely N-dealkylation sites (N-methyl/N-ethyl adjacent to an activating group) is 1. The number of benzene rings is 2. The Balaban J connectivity index is 1.72. The molecular formula is C23H24N4O4. The number of carbonyl (C=O) groups is 2. The number of amides is 2. The largest absolute Gasteiger partial charge is 0.439 e. The summed E-state index contributed by atoms with van der Waals surface area (Å²) in [6.07, 6.45) is 0.638. The van der Waals surface area contributed by atoms with E-state index in [2.05, 4.69) is 9.97 Å². The number of rotatable bonds is 7. The van der Waals surface area contributed by atoms with E-state index >= 15 is 0 Å². The fraction of sp³-hybridized carbons (Fsp3) is 0.217. The topological polar surface area (TPSA) is 84.9 Å². The zero-order valence-corrected chi connectivity index (χ0v) is 17.9. The molecule has 1 atom stereocenters. The highest BCUT2D eigenvalue weighted by Gasteiger charge is 2.24. The van der Waals surface area contributed by atoms with Gasteiger partial charge in [-0.25, -0.2) is 9.97 Å². The second kappa shape index (κ2) is 9.82. The smallest absolute Gasteiger partial charge is 0.260 e. The maximum Gasteiger partial charge on any atom is 0.260 e. The summed E-state index contributed by atoms with van der Waals surface area (Å²) < 4.78 is 11.2. The summed E-state index contributed by atoms with van der Waals surface area (Å²) >= 11 is 0. The second-order valence-corrected chi connectivity index (χ2v) is 6.81. The van der Waals surface area contributed by atoms with Gasteiger partial charge >= 0.3 is 0 Å². The van der Waals surface area contributed by atoms with Gasteiger partial charge in [0.15, 0.2) is 6.10 Å². The number of ether oxygens (including phenoxy) is 2. The van der Waals surface area contributed by atoms with Crippen LogP contribution in [-0.4, -0.2) is 43.0 Å². The van der Waals surface area contributed by atoms with E-state index in [1.807, 2.05) is 30.3 Å². The van der Waals surface area contributed by atoms with Crippen LogP contribution in [0.25, 0.3) is 0 Å². The number of methoxy groups -OCH3 is 1. The van der Waals surface area contributed by atoms with Crippen molar-refractivity contribution < 1.29 is 19.1 Å². The normalized spacial score (nSPS) is 11.5. The Labute approximate surface area is 181 Å². The molecule has 0 saturated heterocycles. The Morgan fingerprint density at radius 3 is 2.23 bits per heavy atom. The van der Waals surface area contributed by atoms with Crippen LogP contribution in [0.4, 0.5) is 11.5 Å². The summed E-state index contributed by atoms with van der Waals surface area (Å²) in [4.78, 5) is 35.5. The van der Waals surface area contributed by atoms with Gasteiger partial charge < -0.3 is 14.4 Å². The van der Waals surface area contributed by atoms with Crippen LogP contribution in [0.3, 0.4) is 0 Å². The van der Waals surface area contributed by atoms with Gasteiger partial charge in [-0.2, -0.15) is 0 Å². The van der Waals surface area contributed by atoms with Gasteiger partial charge in [-0.3, -0.25) is 14.5 Å². The Bertz CT molecular complexity index is 1040. The highest BCUT2D eigenvalue weighted by Crippen LogP contribution is 2.27. The standard InChI is InChI=1S/C23H24N4O4/c1-16(28)26(2)20-14-21(25-15-24-20)31-19-12-10-18(11-13-19)27(3)23(29)22(30-4)17-8-6-5-7-9-17/h5-15,22H,1-4H3/t22-/m1/s1. The van der Waals surface area contributed by atoms with Gasteiger partial charge in [0.25, 0.3) is 5.91 Å². The van der Waals surface area contributed by atoms with E-state index in [9.17, 15) is 9.59 Å². The fourth-order valence-electron chi connectivity index (χ4n) is 2.90. The lowest BCUT2D eigenvalue weighted by molar-refractivity contribution is -0.128. The molecule has 0 aliphatic rings. The molecule has 0 unspecified atom stereocenters. The van der Waals surface area contributed by atoms with Crippen LogP contribution in [0, 0.1) is 0 Å². The highest BCUT2D eigenvalue weighted by molar-refractivity contribution is 5.96. The fourth-order valence-corrected chi connectivity index (χ4v) is 2.90. The molecule has 31 heavy (non-hydrogen) atoms. The van der Waals surface area contributed by atoms with E-state index < -0.39 is 6.10 Å². The van der Waals surface area contributed by atoms with Crippen molar-refractivity contribution in [1.82, 2.24) is 9.97 Å². The van der Waals surface area contributed by atoms with Crippen molar-refractivity contribution in [1.29, 1.82) is 0 Å². The van der Waals surface area contributed by atoms with Crippen molar-refractivity contribution in [2.24, 2.45) is 0 Å². The highest BCUT2D eigenvalue weighted by atomic mass is 16.5. The van der Waals surface area contributed by atoms with E-state index in [1.54, 1.807) is 44.4 Å². The molecule has 8 heteroatoms. The molecule has 2 aromatic carbocycles. The SMILES string of the molecule is CO[C@@H](C(=O)N(C)c1ccc(Oc2cc(N(C)C(C)=O)ncn2)cc1)c1ccccc1. The predicted octanol–water partition coefficient (Wildman–Crippen LogP) is 3.60. The van der Waals surface area contributed by atoms with Gasteiger partial charge in [0.1, 0.15) is 17.9 Å². The number of anilines is 2. The van der Waals surface area contributed by atoms with Crippen LogP contribution < -0.4 is 14.5 Å². The lowest BCUT2D eigenvalue weighted by atomic mass is 10.1. The minimum atomic E-state index is -0.695. The lowest BCUT2D eigenvalue weighted by Gasteiger charge is -2.23. The van der Waals surface area contributed by atoms with Crippen LogP contribution in [-0.2, 0) is 14.3 Å². The van der Waals surface area contributed by atoms with Gasteiger partial charge in [-0.05, 0) is 29.8 Å². The molecule has 0 fully saturated rings. The van der Waals surface area contributed by atoms with Crippen molar-refractivity contribution in [3.63, 3.8) is 0 Å². The number of carbonyl (C=O) groups excluding carboxylic acids is 2. The molecule has 0 bridgehead atoms. The number of aromatic nitrogens is 2. The van der Waals surface area contributed by atoms with Crippen LogP contribution in [0.2, 0.25) is 0 Å². The van der Waals surface area contributed by atoms with Crippen molar-refractivity contribution in [3.05, 3.63) is 72.6 Å². The molecule has 0 aliphatic heterocycles. The minimum absolute atomic E-state index is 0.147. The molecule has 1 aromatic heterocycles. The minimum Gasteiger partial charge on any atom is -0.439 e. The zero-order valence-electron chi connectivity index (χ0n) is 17.9. The molecule has 2 amide bonds. The summed E-state index contributed by atoms with van der Waals surface area (Å²) in [5, 5.41) is 0. The Morgan fingerprint density at radius 2 is 1.61 bits per heavy atom. The first-order valence-electron chi connectivity index (χ1n) is 9.60. The van der Waals surface area contributed by atoms with Crippen molar-refractivity contribution in [2.45, 2.75) is 13.0 Å². The van der Waals surface area contributed by atoms with Crippen LogP contribution in [0.5, 0.6) is 11.6 Å². The van der Waals surface area contributed by atoms with Gasteiger partial charge in [-0.15, -0.1) is 0 Å². The third-order valence-electron chi connectivity index (χ3n) is 4.78. The summed E-state index contributed by atoms with van der Waals surface area (Å²) in [7, 11) is 4.83. The van der Waals surface area contributed by atoms with Crippen molar-refractivity contribution >= 4 is 23.3 Å². The Morgan fingerprint density at radius 1 is 0.935 bits per heavy atom.